The summed E-state index contributed by atoms with van der Waals surface area (Å²) in [7, 11) is -1.87. The molecule has 0 heterocycles. The van der Waals surface area contributed by atoms with E-state index < -0.39 is 14.9 Å². The third kappa shape index (κ3) is 4.55. The number of hydrogen-bond donors (Lipinski definition) is 1. The summed E-state index contributed by atoms with van der Waals surface area (Å²) in [5, 5.41) is 14.0. The molecule has 0 spiro atoms. The average molecular weight is 353 g/mol. The SMILES string of the molecule is CNCN(BCC1CCCCC1)S(=O)(=O)c1ccccc1[N+](=O)[O-]. The molecule has 0 radical (unpaired) electrons. The number of benzene rings is 1. The van der Waals surface area contributed by atoms with Crippen LogP contribution in [0.5, 0.6) is 0 Å². The fourth-order valence-corrected chi connectivity index (χ4v) is 4.81. The first-order valence-corrected chi connectivity index (χ1v) is 9.79. The maximum atomic E-state index is 12.9. The summed E-state index contributed by atoms with van der Waals surface area (Å²) in [5.41, 5.74) is -0.378. The van der Waals surface area contributed by atoms with Gasteiger partial charge in [0.05, 0.1) is 11.6 Å². The standard InChI is InChI=1S/C15H24BN3O4S/c1-17-12-18(16-11-13-7-3-2-4-8-13)24(22,23)15-10-6-5-9-14(15)19(20)21/h5-6,9-10,13,16-17H,2-4,7-8,11-12H2,1H3. The van der Waals surface area contributed by atoms with E-state index in [1.54, 1.807) is 7.05 Å². The lowest BCUT2D eigenvalue weighted by molar-refractivity contribution is -0.387. The topological polar surface area (TPSA) is 92.6 Å². The number of sulfonamides is 1. The summed E-state index contributed by atoms with van der Waals surface area (Å²) >= 11 is 0. The van der Waals surface area contributed by atoms with Crippen LogP contribution >= 0.6 is 0 Å². The molecule has 2 rings (SSSR count). The molecule has 0 aliphatic heterocycles. The quantitative estimate of drug-likeness (QED) is 0.334. The Morgan fingerprint density at radius 3 is 2.58 bits per heavy atom. The van der Waals surface area contributed by atoms with Crippen molar-refractivity contribution in [3.63, 3.8) is 0 Å². The molecule has 1 saturated carbocycles. The minimum absolute atomic E-state index is 0.140. The van der Waals surface area contributed by atoms with Crippen molar-refractivity contribution in [2.24, 2.45) is 5.92 Å². The van der Waals surface area contributed by atoms with Gasteiger partial charge in [0.2, 0.25) is 17.4 Å². The lowest BCUT2D eigenvalue weighted by Gasteiger charge is -2.25. The first-order chi connectivity index (χ1) is 11.5. The summed E-state index contributed by atoms with van der Waals surface area (Å²) in [6.45, 7) is 0.140. The van der Waals surface area contributed by atoms with E-state index in [1.807, 2.05) is 0 Å². The highest BCUT2D eigenvalue weighted by atomic mass is 32.2. The predicted molar refractivity (Wildman–Crippen MR) is 94.6 cm³/mol. The predicted octanol–water partition coefficient (Wildman–Crippen LogP) is 2.11. The second-order valence-electron chi connectivity index (χ2n) is 6.21. The van der Waals surface area contributed by atoms with E-state index in [0.29, 0.717) is 13.3 Å². The fraction of sp³-hybridized carbons (Fsp3) is 0.600. The maximum absolute atomic E-state index is 12.9. The van der Waals surface area contributed by atoms with Gasteiger partial charge in [0, 0.05) is 6.07 Å². The van der Waals surface area contributed by atoms with Gasteiger partial charge in [-0.25, -0.2) is 12.6 Å². The number of para-hydroxylation sites is 1. The molecule has 0 saturated heterocycles. The number of nitro groups is 1. The second-order valence-corrected chi connectivity index (χ2v) is 8.12. The smallest absolute Gasteiger partial charge is 0.289 e. The fourth-order valence-electron chi connectivity index (χ4n) is 3.23. The Morgan fingerprint density at radius 1 is 1.29 bits per heavy atom. The van der Waals surface area contributed by atoms with Crippen molar-refractivity contribution < 1.29 is 13.3 Å². The van der Waals surface area contributed by atoms with E-state index >= 15 is 0 Å². The molecule has 1 aromatic rings. The molecule has 24 heavy (non-hydrogen) atoms. The zero-order valence-electron chi connectivity index (χ0n) is 14.0. The Hall–Kier alpha value is -1.45. The van der Waals surface area contributed by atoms with Crippen molar-refractivity contribution in [3.8, 4) is 0 Å². The molecule has 9 heteroatoms. The molecule has 1 N–H and O–H groups in total. The zero-order valence-corrected chi connectivity index (χ0v) is 14.8. The van der Waals surface area contributed by atoms with Crippen molar-refractivity contribution >= 4 is 23.1 Å². The van der Waals surface area contributed by atoms with E-state index in [2.05, 4.69) is 5.32 Å². The molecule has 1 aliphatic rings. The summed E-state index contributed by atoms with van der Waals surface area (Å²) in [6.07, 6.45) is 6.73. The number of nitrogens with zero attached hydrogens (tertiary/aromatic N) is 2. The Kier molecular flexibility index (Phi) is 6.76. The van der Waals surface area contributed by atoms with Crippen LogP contribution in [0.4, 0.5) is 5.69 Å². The monoisotopic (exact) mass is 353 g/mol. The van der Waals surface area contributed by atoms with Crippen molar-refractivity contribution in [1.29, 1.82) is 0 Å². The molecule has 1 aromatic carbocycles. The molecule has 0 amide bonds. The third-order valence-corrected chi connectivity index (χ3v) is 6.42. The second kappa shape index (κ2) is 8.59. The molecular weight excluding hydrogens is 329 g/mol. The van der Waals surface area contributed by atoms with Crippen molar-refractivity contribution in [3.05, 3.63) is 34.4 Å². The van der Waals surface area contributed by atoms with Crippen LogP contribution in [0.2, 0.25) is 6.32 Å². The van der Waals surface area contributed by atoms with Crippen LogP contribution in [-0.2, 0) is 10.0 Å². The third-order valence-electron chi connectivity index (χ3n) is 4.53. The minimum atomic E-state index is -3.91. The summed E-state index contributed by atoms with van der Waals surface area (Å²) < 4.78 is 27.1. The van der Waals surface area contributed by atoms with Crippen LogP contribution in [0, 0.1) is 16.0 Å². The van der Waals surface area contributed by atoms with Crippen LogP contribution in [0.15, 0.2) is 29.2 Å². The van der Waals surface area contributed by atoms with Crippen LogP contribution in [0.3, 0.4) is 0 Å². The Labute approximate surface area is 143 Å². The minimum Gasteiger partial charge on any atom is -0.307 e. The van der Waals surface area contributed by atoms with Gasteiger partial charge in [-0.15, -0.1) is 0 Å². The molecule has 7 nitrogen and oxygen atoms in total. The number of hydrogen-bond acceptors (Lipinski definition) is 5. The summed E-state index contributed by atoms with van der Waals surface area (Å²) in [6, 6.07) is 5.52. The van der Waals surface area contributed by atoms with Gasteiger partial charge in [0.25, 0.3) is 5.69 Å². The Morgan fingerprint density at radius 2 is 1.96 bits per heavy atom. The van der Waals surface area contributed by atoms with Crippen LogP contribution in [0.25, 0.3) is 0 Å². The molecule has 0 bridgehead atoms. The molecule has 1 aliphatic carbocycles. The Bertz CT molecular complexity index is 662. The number of nitro benzene ring substituents is 1. The number of nitrogens with one attached hydrogen (secondary N) is 1. The van der Waals surface area contributed by atoms with Crippen LogP contribution < -0.4 is 5.32 Å². The van der Waals surface area contributed by atoms with E-state index in [1.165, 1.54) is 47.7 Å². The lowest BCUT2D eigenvalue weighted by Crippen LogP contribution is -2.41. The van der Waals surface area contributed by atoms with E-state index in [9.17, 15) is 18.5 Å². The Balaban J connectivity index is 2.20. The molecule has 0 aromatic heterocycles. The van der Waals surface area contributed by atoms with Crippen molar-refractivity contribution in [2.45, 2.75) is 43.3 Å². The normalized spacial score (nSPS) is 16.2. The zero-order chi connectivity index (χ0) is 17.6. The lowest BCUT2D eigenvalue weighted by atomic mass is 9.74. The van der Waals surface area contributed by atoms with Gasteiger partial charge >= 0.3 is 0 Å². The maximum Gasteiger partial charge on any atom is 0.289 e. The number of rotatable bonds is 8. The first-order valence-electron chi connectivity index (χ1n) is 8.35. The first kappa shape index (κ1) is 18.9. The molecular formula is C15H24BN3O4S. The molecule has 132 valence electrons. The van der Waals surface area contributed by atoms with Gasteiger partial charge in [0.1, 0.15) is 0 Å². The van der Waals surface area contributed by atoms with Gasteiger partial charge in [-0.3, -0.25) is 10.1 Å². The van der Waals surface area contributed by atoms with Gasteiger partial charge in [-0.05, 0) is 19.0 Å². The highest BCUT2D eigenvalue weighted by Crippen LogP contribution is 2.29. The largest absolute Gasteiger partial charge is 0.307 e. The highest BCUT2D eigenvalue weighted by molar-refractivity contribution is 7.90. The van der Waals surface area contributed by atoms with Gasteiger partial charge in [-0.1, -0.05) is 50.6 Å². The average Bonchev–Trinajstić information content (AvgIpc) is 2.59. The van der Waals surface area contributed by atoms with Gasteiger partial charge < -0.3 is 5.32 Å². The van der Waals surface area contributed by atoms with E-state index in [4.69, 9.17) is 0 Å². The molecule has 1 fully saturated rings. The van der Waals surface area contributed by atoms with Crippen LogP contribution in [-0.4, -0.2) is 38.7 Å². The van der Waals surface area contributed by atoms with Crippen molar-refractivity contribution in [2.75, 3.05) is 13.7 Å². The summed E-state index contributed by atoms with van der Waals surface area (Å²) in [4.78, 5) is 10.3. The highest BCUT2D eigenvalue weighted by Gasteiger charge is 2.31. The molecule has 0 atom stereocenters. The van der Waals surface area contributed by atoms with Gasteiger partial charge in [-0.2, -0.15) is 0 Å². The van der Waals surface area contributed by atoms with E-state index in [-0.39, 0.29) is 17.3 Å². The molecule has 0 unspecified atom stereocenters. The van der Waals surface area contributed by atoms with E-state index in [0.717, 1.165) is 19.2 Å². The van der Waals surface area contributed by atoms with Crippen molar-refractivity contribution in [1.82, 2.24) is 9.53 Å². The van der Waals surface area contributed by atoms with Gasteiger partial charge in [0.15, 0.2) is 4.90 Å². The van der Waals surface area contributed by atoms with Crippen LogP contribution in [0.1, 0.15) is 32.1 Å². The summed E-state index contributed by atoms with van der Waals surface area (Å²) in [5.74, 6) is 0.541.